The average Bonchev–Trinajstić information content (AvgIpc) is 2.05. The highest BCUT2D eigenvalue weighted by atomic mass is 16.6. The largest absolute Gasteiger partial charge is 0.487 e. The predicted octanol–water partition coefficient (Wildman–Crippen LogP) is 0.852. The number of carbonyl (C=O) groups is 1. The Morgan fingerprint density at radius 3 is 3.10 bits per heavy atom. The Morgan fingerprint density at radius 2 is 2.60 bits per heavy atom. The molecule has 0 saturated heterocycles. The van der Waals surface area contributed by atoms with Gasteiger partial charge in [0.25, 0.3) is 0 Å². The van der Waals surface area contributed by atoms with Crippen molar-refractivity contribution in [3.8, 4) is 0 Å². The molecule has 0 aromatic carbocycles. The summed E-state index contributed by atoms with van der Waals surface area (Å²) >= 11 is 0. The molecule has 1 aliphatic heterocycles. The maximum atomic E-state index is 10.8. The molecule has 10 heavy (non-hydrogen) atoms. The van der Waals surface area contributed by atoms with Gasteiger partial charge in [0.15, 0.2) is 6.10 Å². The minimum absolute atomic E-state index is 0.288. The van der Waals surface area contributed by atoms with Gasteiger partial charge in [0.2, 0.25) is 0 Å². The number of ether oxygens (including phenoxy) is 2. The summed E-state index contributed by atoms with van der Waals surface area (Å²) in [7, 11) is 1.37. The Kier molecular flexibility index (Phi) is 2.31. The monoisotopic (exact) mass is 142 g/mol. The topological polar surface area (TPSA) is 35.5 Å². The molecule has 0 aliphatic carbocycles. The van der Waals surface area contributed by atoms with Crippen LogP contribution in [0.15, 0.2) is 12.3 Å². The van der Waals surface area contributed by atoms with Gasteiger partial charge in [0.1, 0.15) is 0 Å². The molecule has 1 heterocycles. The van der Waals surface area contributed by atoms with Crippen molar-refractivity contribution in [3.05, 3.63) is 12.3 Å². The Bertz CT molecular complexity index is 151. The number of carbonyl (C=O) groups excluding carboxylic acids is 1. The van der Waals surface area contributed by atoms with E-state index in [2.05, 4.69) is 4.74 Å². The molecule has 0 aromatic heterocycles. The molecule has 1 unspecified atom stereocenters. The Labute approximate surface area is 59.6 Å². The van der Waals surface area contributed by atoms with Gasteiger partial charge in [-0.05, 0) is 18.9 Å². The number of allylic oxidation sites excluding steroid dienone is 1. The van der Waals surface area contributed by atoms with Crippen molar-refractivity contribution < 1.29 is 14.3 Å². The van der Waals surface area contributed by atoms with E-state index in [0.29, 0.717) is 0 Å². The van der Waals surface area contributed by atoms with Gasteiger partial charge in [0, 0.05) is 0 Å². The van der Waals surface area contributed by atoms with Gasteiger partial charge in [-0.2, -0.15) is 0 Å². The van der Waals surface area contributed by atoms with E-state index in [4.69, 9.17) is 4.74 Å². The maximum Gasteiger partial charge on any atom is 0.347 e. The van der Waals surface area contributed by atoms with Crippen molar-refractivity contribution in [1.29, 1.82) is 0 Å². The van der Waals surface area contributed by atoms with Crippen LogP contribution in [0.2, 0.25) is 0 Å². The van der Waals surface area contributed by atoms with Gasteiger partial charge in [0.05, 0.1) is 13.4 Å². The minimum atomic E-state index is -0.380. The number of hydrogen-bond donors (Lipinski definition) is 0. The first-order valence-electron chi connectivity index (χ1n) is 3.23. The normalized spacial score (nSPS) is 23.5. The lowest BCUT2D eigenvalue weighted by Gasteiger charge is -2.15. The van der Waals surface area contributed by atoms with Gasteiger partial charge in [-0.3, -0.25) is 0 Å². The summed E-state index contributed by atoms with van der Waals surface area (Å²) in [6.45, 7) is 0. The number of hydrogen-bond acceptors (Lipinski definition) is 3. The van der Waals surface area contributed by atoms with Crippen molar-refractivity contribution in [1.82, 2.24) is 0 Å². The number of rotatable bonds is 1. The van der Waals surface area contributed by atoms with Crippen molar-refractivity contribution in [2.45, 2.75) is 18.9 Å². The summed E-state index contributed by atoms with van der Waals surface area (Å²) < 4.78 is 9.47. The van der Waals surface area contributed by atoms with E-state index in [1.165, 1.54) is 7.11 Å². The van der Waals surface area contributed by atoms with Crippen LogP contribution >= 0.6 is 0 Å². The molecule has 0 spiro atoms. The zero-order valence-electron chi connectivity index (χ0n) is 5.87. The second kappa shape index (κ2) is 3.25. The smallest absolute Gasteiger partial charge is 0.347 e. The maximum absolute atomic E-state index is 10.8. The summed E-state index contributed by atoms with van der Waals surface area (Å²) in [6.07, 6.45) is 4.67. The van der Waals surface area contributed by atoms with Crippen molar-refractivity contribution in [3.63, 3.8) is 0 Å². The molecule has 3 heteroatoms. The fourth-order valence-corrected chi connectivity index (χ4v) is 0.839. The SMILES string of the molecule is COC(=O)C1CCC=CO1. The molecule has 3 nitrogen and oxygen atoms in total. The molecule has 0 radical (unpaired) electrons. The van der Waals surface area contributed by atoms with Gasteiger partial charge in [-0.15, -0.1) is 0 Å². The Balaban J connectivity index is 2.41. The summed E-state index contributed by atoms with van der Waals surface area (Å²) in [6, 6.07) is 0. The molecule has 0 bridgehead atoms. The van der Waals surface area contributed by atoms with Crippen LogP contribution in [-0.2, 0) is 14.3 Å². The van der Waals surface area contributed by atoms with E-state index in [1.807, 2.05) is 6.08 Å². The second-order valence-electron chi connectivity index (χ2n) is 2.10. The first-order chi connectivity index (χ1) is 4.84. The summed E-state index contributed by atoms with van der Waals surface area (Å²) in [5.74, 6) is -0.288. The van der Waals surface area contributed by atoms with Gasteiger partial charge >= 0.3 is 5.97 Å². The molecule has 1 rings (SSSR count). The van der Waals surface area contributed by atoms with Crippen LogP contribution in [0, 0.1) is 0 Å². The molecular weight excluding hydrogens is 132 g/mol. The van der Waals surface area contributed by atoms with Crippen LogP contribution in [0.3, 0.4) is 0 Å². The van der Waals surface area contributed by atoms with Crippen LogP contribution in [0.1, 0.15) is 12.8 Å². The van der Waals surface area contributed by atoms with E-state index in [9.17, 15) is 4.79 Å². The molecule has 1 aliphatic rings. The third-order valence-corrected chi connectivity index (χ3v) is 1.40. The fraction of sp³-hybridized carbons (Fsp3) is 0.571. The molecule has 0 amide bonds. The van der Waals surface area contributed by atoms with Gasteiger partial charge in [-0.25, -0.2) is 4.79 Å². The van der Waals surface area contributed by atoms with E-state index in [1.54, 1.807) is 6.26 Å². The molecule has 56 valence electrons. The van der Waals surface area contributed by atoms with Gasteiger partial charge in [-0.1, -0.05) is 0 Å². The number of methoxy groups -OCH3 is 1. The Hall–Kier alpha value is -0.990. The zero-order valence-corrected chi connectivity index (χ0v) is 5.87. The lowest BCUT2D eigenvalue weighted by atomic mass is 10.2. The van der Waals surface area contributed by atoms with E-state index in [0.717, 1.165) is 12.8 Å². The quantitative estimate of drug-likeness (QED) is 0.509. The van der Waals surface area contributed by atoms with Crippen LogP contribution in [-0.4, -0.2) is 19.2 Å². The highest BCUT2D eigenvalue weighted by Gasteiger charge is 2.20. The third-order valence-electron chi connectivity index (χ3n) is 1.40. The van der Waals surface area contributed by atoms with E-state index in [-0.39, 0.29) is 12.1 Å². The molecule has 0 N–H and O–H groups in total. The molecular formula is C7H10O3. The lowest BCUT2D eigenvalue weighted by molar-refractivity contribution is -0.151. The van der Waals surface area contributed by atoms with E-state index >= 15 is 0 Å². The van der Waals surface area contributed by atoms with Crippen LogP contribution in [0.5, 0.6) is 0 Å². The third kappa shape index (κ3) is 1.50. The first-order valence-corrected chi connectivity index (χ1v) is 3.23. The second-order valence-corrected chi connectivity index (χ2v) is 2.10. The van der Waals surface area contributed by atoms with E-state index < -0.39 is 0 Å². The Morgan fingerprint density at radius 1 is 1.80 bits per heavy atom. The predicted molar refractivity (Wildman–Crippen MR) is 35.3 cm³/mol. The zero-order chi connectivity index (χ0) is 7.40. The average molecular weight is 142 g/mol. The standard InChI is InChI=1S/C7H10O3/c1-9-7(8)6-4-2-3-5-10-6/h3,5-6H,2,4H2,1H3. The summed E-state index contributed by atoms with van der Waals surface area (Å²) in [5.41, 5.74) is 0. The first kappa shape index (κ1) is 7.12. The number of esters is 1. The van der Waals surface area contributed by atoms with Crippen molar-refractivity contribution in [2.75, 3.05) is 7.11 Å². The van der Waals surface area contributed by atoms with Crippen LogP contribution in [0.25, 0.3) is 0 Å². The van der Waals surface area contributed by atoms with Crippen molar-refractivity contribution >= 4 is 5.97 Å². The minimum Gasteiger partial charge on any atom is -0.487 e. The highest BCUT2D eigenvalue weighted by molar-refractivity contribution is 5.74. The summed E-state index contributed by atoms with van der Waals surface area (Å²) in [5, 5.41) is 0. The lowest BCUT2D eigenvalue weighted by Crippen LogP contribution is -2.25. The fourth-order valence-electron chi connectivity index (χ4n) is 0.839. The van der Waals surface area contributed by atoms with Crippen LogP contribution < -0.4 is 0 Å². The summed E-state index contributed by atoms with van der Waals surface area (Å²) in [4.78, 5) is 10.8. The molecule has 0 fully saturated rings. The van der Waals surface area contributed by atoms with Crippen LogP contribution in [0.4, 0.5) is 0 Å². The molecule has 0 aromatic rings. The van der Waals surface area contributed by atoms with Gasteiger partial charge < -0.3 is 9.47 Å². The molecule has 1 atom stereocenters. The van der Waals surface area contributed by atoms with Crippen molar-refractivity contribution in [2.24, 2.45) is 0 Å². The molecule has 0 saturated carbocycles. The highest BCUT2D eigenvalue weighted by Crippen LogP contribution is 2.10.